The van der Waals surface area contributed by atoms with Crippen molar-refractivity contribution in [3.63, 3.8) is 0 Å². The van der Waals surface area contributed by atoms with Gasteiger partial charge in [-0.05, 0) is 0 Å². The summed E-state index contributed by atoms with van der Waals surface area (Å²) in [5, 5.41) is 0. The van der Waals surface area contributed by atoms with E-state index in [1.54, 1.807) is 0 Å². The Morgan fingerprint density at radius 3 is 1.29 bits per heavy atom. The Labute approximate surface area is 251 Å². The van der Waals surface area contributed by atoms with Gasteiger partial charge in [0, 0.05) is 0 Å². The van der Waals surface area contributed by atoms with E-state index in [9.17, 15) is 8.76 Å². The Kier molecular flexibility index (Phi) is 13.3. The molecule has 17 heteroatoms. The van der Waals surface area contributed by atoms with Crippen LogP contribution in [0, 0.1) is 0 Å². The third-order valence-electron chi connectivity index (χ3n) is 2.33. The van der Waals surface area contributed by atoms with Crippen LogP contribution < -0.4 is 0 Å². The van der Waals surface area contributed by atoms with Gasteiger partial charge in [0.25, 0.3) is 0 Å². The zero-order valence-electron chi connectivity index (χ0n) is 10.3. The van der Waals surface area contributed by atoms with E-state index < -0.39 is 29.7 Å². The largest absolute Gasteiger partial charge is 0.750 e. The van der Waals surface area contributed by atoms with Gasteiger partial charge in [0.05, 0.1) is 18.0 Å². The average molecular weight is 1200 g/mol. The van der Waals surface area contributed by atoms with Crippen LogP contribution in [0.3, 0.4) is 0 Å². The molecule has 1 unspecified atom stereocenters. The molecule has 0 bridgehead atoms. The predicted octanol–water partition coefficient (Wildman–Crippen LogP) is 9.07. The first-order valence-electron chi connectivity index (χ1n) is 4.85. The van der Waals surface area contributed by atoms with E-state index in [2.05, 4.69) is 207 Å². The second kappa shape index (κ2) is 10.5. The van der Waals surface area contributed by atoms with E-state index in [1.807, 2.05) is 0 Å². The smallest absolute Gasteiger partial charge is 0.162 e. The minimum Gasteiger partial charge on any atom is -0.750 e. The lowest BCUT2D eigenvalue weighted by Gasteiger charge is -2.53. The molecule has 0 saturated carbocycles. The maximum Gasteiger partial charge on any atom is 0.162 e. The van der Waals surface area contributed by atoms with E-state index in [1.165, 1.54) is 0 Å². The van der Waals surface area contributed by atoms with Gasteiger partial charge in [0.15, 0.2) is 2.14 Å². The van der Waals surface area contributed by atoms with Gasteiger partial charge in [-0.3, -0.25) is 4.18 Å². The normalized spacial score (nSPS) is 17.1. The fourth-order valence-corrected chi connectivity index (χ4v) is 12.0. The third-order valence-corrected chi connectivity index (χ3v) is 27.5. The van der Waals surface area contributed by atoms with Crippen LogP contribution in [-0.4, -0.2) is 33.7 Å². The van der Waals surface area contributed by atoms with Crippen molar-refractivity contribution < 1.29 is 12.9 Å². The first-order chi connectivity index (χ1) is 10.2. The van der Waals surface area contributed by atoms with E-state index >= 15 is 0 Å². The molecule has 0 spiro atoms. The van der Waals surface area contributed by atoms with E-state index in [0.29, 0.717) is 0 Å². The van der Waals surface area contributed by atoms with Crippen molar-refractivity contribution in [2.24, 2.45) is 0 Å². The van der Waals surface area contributed by atoms with Crippen LogP contribution in [0.15, 0.2) is 0 Å². The summed E-state index contributed by atoms with van der Waals surface area (Å²) in [6, 6.07) is 0. The summed E-state index contributed by atoms with van der Waals surface area (Å²) in [6.45, 7) is -0.242. The van der Waals surface area contributed by atoms with Crippen LogP contribution in [0.1, 0.15) is 0 Å². The summed E-state index contributed by atoms with van der Waals surface area (Å²) < 4.78 is 20.2. The highest BCUT2D eigenvalue weighted by Gasteiger charge is 2.73. The van der Waals surface area contributed by atoms with E-state index in [4.69, 9.17) is 4.18 Å². The van der Waals surface area contributed by atoms with Gasteiger partial charge in [0.2, 0.25) is 0 Å². The van der Waals surface area contributed by atoms with Gasteiger partial charge in [0.1, 0.15) is 16.2 Å². The van der Waals surface area contributed by atoms with Crippen molar-refractivity contribution in [1.82, 2.24) is 0 Å². The molecule has 146 valence electrons. The Morgan fingerprint density at radius 1 is 0.667 bits per heavy atom. The quantitative estimate of drug-likeness (QED) is 0.189. The van der Waals surface area contributed by atoms with Gasteiger partial charge in [-0.25, -0.2) is 4.21 Å². The van der Waals surface area contributed by atoms with Crippen LogP contribution in [0.2, 0.25) is 0 Å². The zero-order valence-corrected chi connectivity index (χ0v) is 31.7. The molecule has 3 nitrogen and oxygen atoms in total. The van der Waals surface area contributed by atoms with Gasteiger partial charge >= 0.3 is 0 Å². The molecule has 24 heavy (non-hydrogen) atoms. The number of hydrogen-bond acceptors (Lipinski definition) is 3. The van der Waals surface area contributed by atoms with Crippen LogP contribution in [0.25, 0.3) is 0 Å². The maximum atomic E-state index is 10.7. The fourth-order valence-electron chi connectivity index (χ4n) is 1.01. The minimum absolute atomic E-state index is 0.242. The molecule has 0 rings (SSSR count). The molecule has 1 atom stereocenters. The van der Waals surface area contributed by atoms with Crippen molar-refractivity contribution >= 4 is 218 Å². The Bertz CT molecular complexity index is 484. The number of rotatable bonds is 7. The molecule has 0 fully saturated rings. The van der Waals surface area contributed by atoms with Crippen molar-refractivity contribution in [3.8, 4) is 0 Å². The molecule has 0 aromatic heterocycles. The van der Waals surface area contributed by atoms with Crippen LogP contribution in [0.5, 0.6) is 0 Å². The predicted molar refractivity (Wildman–Crippen MR) is 147 cm³/mol. The zero-order chi connectivity index (χ0) is 20.0. The van der Waals surface area contributed by atoms with Gasteiger partial charge in [-0.1, -0.05) is 207 Å². The molecule has 0 heterocycles. The third kappa shape index (κ3) is 6.43. The lowest BCUT2D eigenvalue weighted by molar-refractivity contribution is 0.290. The molecule has 0 N–H and O–H groups in total. The highest BCUT2D eigenvalue weighted by Crippen LogP contribution is 2.74. The summed E-state index contributed by atoms with van der Waals surface area (Å²) in [7, 11) is 0. The Balaban J connectivity index is 6.05. The molecule has 0 aliphatic heterocycles. The summed E-state index contributed by atoms with van der Waals surface area (Å²) >= 11 is 43.5. The monoisotopic (exact) mass is 1190 g/mol. The van der Waals surface area contributed by atoms with Gasteiger partial charge in [-0.15, -0.1) is 0 Å². The Morgan fingerprint density at radius 2 is 1.00 bits per heavy atom. The van der Waals surface area contributed by atoms with Crippen LogP contribution in [0.4, 0.5) is 0 Å². The topological polar surface area (TPSA) is 49.4 Å². The van der Waals surface area contributed by atoms with Crippen molar-refractivity contribution in [2.45, 2.75) is 18.3 Å². The minimum atomic E-state index is -2.67. The fraction of sp³-hybridized carbons (Fsp3) is 1.00. The summed E-state index contributed by atoms with van der Waals surface area (Å²) in [5.41, 5.74) is 0. The van der Waals surface area contributed by atoms with Crippen molar-refractivity contribution in [2.75, 3.05) is 6.61 Å². The lowest BCUT2D eigenvalue weighted by Crippen LogP contribution is -2.64. The molecule has 0 aromatic carbocycles. The summed E-state index contributed by atoms with van der Waals surface area (Å²) in [4.78, 5) is 0. The number of hydrogen-bond donors (Lipinski definition) is 0. The second-order valence-corrected chi connectivity index (χ2v) is 28.9. The standard InChI is InChI=1S/C7H3Br13O3S/c8-2(9,1-23-24(21)22)3(10,11)4(12,13)5(14,15)6(16,17)7(18,19)20/h1H2,(H,21,22)/p-1. The maximum absolute atomic E-state index is 10.7. The first kappa shape index (κ1) is 30.3. The molecule has 0 saturated heterocycles. The molecular formula is C7H2Br13O3S-. The van der Waals surface area contributed by atoms with Crippen molar-refractivity contribution in [1.29, 1.82) is 0 Å². The summed E-state index contributed by atoms with van der Waals surface area (Å²) in [5.74, 6) is 0. The lowest BCUT2D eigenvalue weighted by atomic mass is 10.1. The van der Waals surface area contributed by atoms with E-state index in [-0.39, 0.29) is 6.61 Å². The van der Waals surface area contributed by atoms with E-state index in [0.717, 1.165) is 0 Å². The molecule has 0 amide bonds. The molecule has 0 aliphatic rings. The first-order valence-corrected chi connectivity index (χ1v) is 16.2. The highest BCUT2D eigenvalue weighted by molar-refractivity contribution is 9.42. The Hall–Kier alpha value is 6.31. The average Bonchev–Trinajstić information content (AvgIpc) is 2.34. The number of halogens is 13. The molecule has 0 aromatic rings. The van der Waals surface area contributed by atoms with Crippen LogP contribution in [-0.2, 0) is 15.5 Å². The summed E-state index contributed by atoms with van der Waals surface area (Å²) in [6.07, 6.45) is 0. The van der Waals surface area contributed by atoms with Crippen LogP contribution >= 0.6 is 207 Å². The highest BCUT2D eigenvalue weighted by atomic mass is 80.0. The van der Waals surface area contributed by atoms with Gasteiger partial charge < -0.3 is 4.55 Å². The molecule has 0 aliphatic carbocycles. The van der Waals surface area contributed by atoms with Gasteiger partial charge in [-0.2, -0.15) is 0 Å². The SMILES string of the molecule is O=S([O-])OCC(Br)(Br)C(Br)(Br)C(Br)(Br)C(Br)(Br)C(Br)(Br)C(Br)(Br)Br. The molecular weight excluding hydrogens is 1200 g/mol. The molecule has 0 radical (unpaired) electrons. The van der Waals surface area contributed by atoms with Crippen molar-refractivity contribution in [3.05, 3.63) is 0 Å². The second-order valence-electron chi connectivity index (χ2n) is 3.97. The number of alkyl halides is 13.